The summed E-state index contributed by atoms with van der Waals surface area (Å²) in [6.07, 6.45) is 1.03. The second-order valence-electron chi connectivity index (χ2n) is 4.84. The molecule has 6 heteroatoms. The SMILES string of the molecule is NC(Cc1cccc(Cl)c1)Cc1ccc([N+](=O)[O-])c(F)c1. The molecule has 2 rings (SSSR count). The van der Waals surface area contributed by atoms with Crippen molar-refractivity contribution in [3.05, 3.63) is 74.5 Å². The molecule has 0 fully saturated rings. The van der Waals surface area contributed by atoms with Crippen molar-refractivity contribution in [2.24, 2.45) is 5.73 Å². The van der Waals surface area contributed by atoms with Crippen LogP contribution in [0, 0.1) is 15.9 Å². The third-order valence-electron chi connectivity index (χ3n) is 3.09. The summed E-state index contributed by atoms with van der Waals surface area (Å²) in [5, 5.41) is 11.2. The van der Waals surface area contributed by atoms with Gasteiger partial charge < -0.3 is 5.73 Å². The van der Waals surface area contributed by atoms with Crippen LogP contribution in [-0.2, 0) is 12.8 Å². The van der Waals surface area contributed by atoms with Gasteiger partial charge in [-0.1, -0.05) is 29.8 Å². The van der Waals surface area contributed by atoms with Crippen molar-refractivity contribution in [1.29, 1.82) is 0 Å². The molecule has 1 unspecified atom stereocenters. The molecule has 110 valence electrons. The molecule has 0 bridgehead atoms. The maximum atomic E-state index is 13.5. The van der Waals surface area contributed by atoms with Gasteiger partial charge in [0.25, 0.3) is 0 Å². The Labute approximate surface area is 126 Å². The van der Waals surface area contributed by atoms with E-state index in [4.69, 9.17) is 17.3 Å². The van der Waals surface area contributed by atoms with Gasteiger partial charge in [-0.15, -0.1) is 0 Å². The van der Waals surface area contributed by atoms with Gasteiger partial charge in [0.05, 0.1) is 4.92 Å². The lowest BCUT2D eigenvalue weighted by Crippen LogP contribution is -2.25. The molecule has 0 aliphatic rings. The first-order valence-corrected chi connectivity index (χ1v) is 6.76. The number of hydrogen-bond donors (Lipinski definition) is 1. The Hall–Kier alpha value is -1.98. The first kappa shape index (κ1) is 15.4. The standard InChI is InChI=1S/C15H14ClFN2O2/c16-12-3-1-2-10(6-12)7-13(18)8-11-4-5-15(19(20)21)14(17)9-11/h1-6,9,13H,7-8,18H2. The monoisotopic (exact) mass is 308 g/mol. The maximum absolute atomic E-state index is 13.5. The van der Waals surface area contributed by atoms with Gasteiger partial charge in [-0.25, -0.2) is 0 Å². The summed E-state index contributed by atoms with van der Waals surface area (Å²) in [5.74, 6) is -0.840. The van der Waals surface area contributed by atoms with E-state index in [1.807, 2.05) is 18.2 Å². The van der Waals surface area contributed by atoms with Crippen molar-refractivity contribution in [2.45, 2.75) is 18.9 Å². The largest absolute Gasteiger partial charge is 0.327 e. The Balaban J connectivity index is 2.04. The highest BCUT2D eigenvalue weighted by atomic mass is 35.5. The van der Waals surface area contributed by atoms with Crippen LogP contribution in [0.15, 0.2) is 42.5 Å². The summed E-state index contributed by atoms with van der Waals surface area (Å²) in [6, 6.07) is 11.0. The molecule has 0 aliphatic carbocycles. The van der Waals surface area contributed by atoms with E-state index in [1.54, 1.807) is 6.07 Å². The average Bonchev–Trinajstić information content (AvgIpc) is 2.38. The lowest BCUT2D eigenvalue weighted by Gasteiger charge is -2.12. The minimum Gasteiger partial charge on any atom is -0.327 e. The molecule has 0 saturated heterocycles. The van der Waals surface area contributed by atoms with Crippen molar-refractivity contribution < 1.29 is 9.31 Å². The molecule has 2 N–H and O–H groups in total. The van der Waals surface area contributed by atoms with E-state index < -0.39 is 16.4 Å². The quantitative estimate of drug-likeness (QED) is 0.679. The third kappa shape index (κ3) is 4.24. The van der Waals surface area contributed by atoms with Gasteiger partial charge in [0.2, 0.25) is 5.82 Å². The molecule has 0 heterocycles. The normalized spacial score (nSPS) is 12.1. The fraction of sp³-hybridized carbons (Fsp3) is 0.200. The van der Waals surface area contributed by atoms with Crippen LogP contribution >= 0.6 is 11.6 Å². The van der Waals surface area contributed by atoms with Crippen LogP contribution in [0.5, 0.6) is 0 Å². The van der Waals surface area contributed by atoms with E-state index in [-0.39, 0.29) is 6.04 Å². The van der Waals surface area contributed by atoms with Crippen molar-refractivity contribution in [3.8, 4) is 0 Å². The highest BCUT2D eigenvalue weighted by Gasteiger charge is 2.15. The Morgan fingerprint density at radius 3 is 2.43 bits per heavy atom. The topological polar surface area (TPSA) is 69.2 Å². The Kier molecular flexibility index (Phi) is 4.88. The molecule has 4 nitrogen and oxygen atoms in total. The maximum Gasteiger partial charge on any atom is 0.304 e. The number of nitrogens with zero attached hydrogens (tertiary/aromatic N) is 1. The average molecular weight is 309 g/mol. The minimum absolute atomic E-state index is 0.218. The van der Waals surface area contributed by atoms with E-state index >= 15 is 0 Å². The predicted octanol–water partition coefficient (Wildman–Crippen LogP) is 3.50. The lowest BCUT2D eigenvalue weighted by molar-refractivity contribution is -0.387. The molecule has 2 aromatic carbocycles. The van der Waals surface area contributed by atoms with Crippen LogP contribution in [-0.4, -0.2) is 11.0 Å². The number of hydrogen-bond acceptors (Lipinski definition) is 3. The number of halogens is 2. The number of nitro groups is 1. The molecule has 0 saturated carbocycles. The highest BCUT2D eigenvalue weighted by molar-refractivity contribution is 6.30. The molecule has 2 aromatic rings. The minimum atomic E-state index is -0.840. The van der Waals surface area contributed by atoms with E-state index in [2.05, 4.69) is 0 Å². The molecule has 21 heavy (non-hydrogen) atoms. The lowest BCUT2D eigenvalue weighted by atomic mass is 9.99. The van der Waals surface area contributed by atoms with Crippen LogP contribution in [0.3, 0.4) is 0 Å². The number of benzene rings is 2. The second-order valence-corrected chi connectivity index (χ2v) is 5.28. The zero-order valence-corrected chi connectivity index (χ0v) is 11.9. The molecule has 0 aromatic heterocycles. The van der Waals surface area contributed by atoms with Crippen LogP contribution in [0.25, 0.3) is 0 Å². The van der Waals surface area contributed by atoms with E-state index in [1.165, 1.54) is 6.07 Å². The summed E-state index contributed by atoms with van der Waals surface area (Å²) in [7, 11) is 0. The summed E-state index contributed by atoms with van der Waals surface area (Å²) < 4.78 is 13.5. The first-order chi connectivity index (χ1) is 9.95. The van der Waals surface area contributed by atoms with Crippen molar-refractivity contribution in [2.75, 3.05) is 0 Å². The molecule has 0 amide bonds. The smallest absolute Gasteiger partial charge is 0.304 e. The predicted molar refractivity (Wildman–Crippen MR) is 79.9 cm³/mol. The number of rotatable bonds is 5. The molecule has 0 radical (unpaired) electrons. The van der Waals surface area contributed by atoms with Gasteiger partial charge in [-0.3, -0.25) is 10.1 Å². The van der Waals surface area contributed by atoms with E-state index in [0.717, 1.165) is 17.7 Å². The number of nitrogens with two attached hydrogens (primary N) is 1. The van der Waals surface area contributed by atoms with Crippen molar-refractivity contribution in [3.63, 3.8) is 0 Å². The van der Waals surface area contributed by atoms with Gasteiger partial charge in [0.1, 0.15) is 0 Å². The van der Waals surface area contributed by atoms with Crippen LogP contribution in [0.2, 0.25) is 5.02 Å². The van der Waals surface area contributed by atoms with Gasteiger partial charge in [0.15, 0.2) is 0 Å². The molecular weight excluding hydrogens is 295 g/mol. The van der Waals surface area contributed by atoms with Gasteiger partial charge in [0, 0.05) is 17.1 Å². The van der Waals surface area contributed by atoms with Crippen LogP contribution in [0.1, 0.15) is 11.1 Å². The molecular formula is C15H14ClFN2O2. The zero-order valence-electron chi connectivity index (χ0n) is 11.1. The van der Waals surface area contributed by atoms with E-state index in [0.29, 0.717) is 23.4 Å². The van der Waals surface area contributed by atoms with Crippen molar-refractivity contribution in [1.82, 2.24) is 0 Å². The van der Waals surface area contributed by atoms with Gasteiger partial charge >= 0.3 is 5.69 Å². The second kappa shape index (κ2) is 6.65. The highest BCUT2D eigenvalue weighted by Crippen LogP contribution is 2.19. The van der Waals surface area contributed by atoms with Crippen LogP contribution < -0.4 is 5.73 Å². The molecule has 0 spiro atoms. The van der Waals surface area contributed by atoms with Crippen molar-refractivity contribution >= 4 is 17.3 Å². The van der Waals surface area contributed by atoms with Crippen LogP contribution in [0.4, 0.5) is 10.1 Å². The zero-order chi connectivity index (χ0) is 15.4. The Morgan fingerprint density at radius 2 is 1.86 bits per heavy atom. The van der Waals surface area contributed by atoms with Gasteiger partial charge in [-0.05, 0) is 42.2 Å². The first-order valence-electron chi connectivity index (χ1n) is 6.38. The van der Waals surface area contributed by atoms with Gasteiger partial charge in [-0.2, -0.15) is 4.39 Å². The summed E-state index contributed by atoms with van der Waals surface area (Å²) in [5.41, 5.74) is 7.14. The summed E-state index contributed by atoms with van der Waals surface area (Å²) >= 11 is 5.90. The molecule has 1 atom stereocenters. The Bertz CT molecular complexity index is 664. The fourth-order valence-electron chi connectivity index (χ4n) is 2.17. The van der Waals surface area contributed by atoms with E-state index in [9.17, 15) is 14.5 Å². The Morgan fingerprint density at radius 1 is 1.19 bits per heavy atom. The summed E-state index contributed by atoms with van der Waals surface area (Å²) in [6.45, 7) is 0. The summed E-state index contributed by atoms with van der Waals surface area (Å²) in [4.78, 5) is 9.81. The number of nitro benzene ring substituents is 1. The fourth-order valence-corrected chi connectivity index (χ4v) is 2.38. The third-order valence-corrected chi connectivity index (χ3v) is 3.33. The molecule has 0 aliphatic heterocycles.